The molecule has 0 spiro atoms. The van der Waals surface area contributed by atoms with E-state index < -0.39 is 21.7 Å². The number of allylic oxidation sites excluding steroid dienone is 2. The molecule has 0 fully saturated rings. The minimum atomic E-state index is -5.56. The van der Waals surface area contributed by atoms with E-state index in [4.69, 9.17) is 0 Å². The van der Waals surface area contributed by atoms with Crippen LogP contribution in [0.15, 0.2) is 22.3 Å². The smallest absolute Gasteiger partial charge is 0.251 e. The van der Waals surface area contributed by atoms with E-state index >= 15 is 0 Å². The molecule has 0 aliphatic heterocycles. The molecular weight excluding hydrogens is 358 g/mol. The molecule has 0 saturated heterocycles. The maximum Gasteiger partial charge on any atom is 2.00 e. The molecule has 0 heterocycles. The Hall–Kier alpha value is -0.197. The van der Waals surface area contributed by atoms with Crippen LogP contribution in [-0.4, -0.2) is 20.0 Å². The summed E-state index contributed by atoms with van der Waals surface area (Å²) in [7, 11) is -5.56. The van der Waals surface area contributed by atoms with Gasteiger partial charge < -0.3 is 0 Å². The van der Waals surface area contributed by atoms with Crippen LogP contribution in [0.4, 0.5) is 13.2 Å². The summed E-state index contributed by atoms with van der Waals surface area (Å²) in [6.45, 7) is 6.56. The molecule has 0 bridgehead atoms. The molecular formula is C10H13F3O3RuS+2. The van der Waals surface area contributed by atoms with E-state index in [2.05, 4.69) is 4.18 Å². The molecule has 0 atom stereocenters. The van der Waals surface area contributed by atoms with Gasteiger partial charge in [-0.15, -0.1) is 0 Å². The molecule has 0 aromatic rings. The molecule has 1 aliphatic rings. The minimum absolute atomic E-state index is 0. The Balaban J connectivity index is 0.00000289. The molecule has 0 amide bonds. The Labute approximate surface area is 117 Å². The molecule has 8 heteroatoms. The van der Waals surface area contributed by atoms with Crippen LogP contribution in [-0.2, 0) is 33.8 Å². The first kappa shape index (κ1) is 17.8. The molecule has 0 aromatic carbocycles. The van der Waals surface area contributed by atoms with Gasteiger partial charge in [-0.25, -0.2) is 0 Å². The molecule has 0 aromatic heterocycles. The van der Waals surface area contributed by atoms with Crippen molar-refractivity contribution < 1.29 is 45.3 Å². The molecule has 0 saturated carbocycles. The summed E-state index contributed by atoms with van der Waals surface area (Å²) in [6.07, 6.45) is -1.14. The summed E-state index contributed by atoms with van der Waals surface area (Å²) in [5.74, 6) is 0. The van der Waals surface area contributed by atoms with Crippen LogP contribution in [0.3, 0.4) is 0 Å². The van der Waals surface area contributed by atoms with Crippen molar-refractivity contribution in [1.82, 2.24) is 0 Å². The van der Waals surface area contributed by atoms with Gasteiger partial charge in [0.15, 0.2) is 0 Å². The van der Waals surface area contributed by atoms with E-state index in [0.29, 0.717) is 11.1 Å². The molecule has 3 nitrogen and oxygen atoms in total. The second-order valence-corrected chi connectivity index (χ2v) is 5.56. The van der Waals surface area contributed by atoms with Crippen molar-refractivity contribution in [1.29, 1.82) is 0 Å². The van der Waals surface area contributed by atoms with Crippen molar-refractivity contribution >= 4 is 10.1 Å². The standard InChI is InChI=1S/C10H13F3O3S.Ru/c1-5-6(2)8(4)9(7(5)3)16-17(14,15)10(11,12)13;/h9H,1-4H3;/q;+2. The predicted octanol–water partition coefficient (Wildman–Crippen LogP) is 2.91. The topological polar surface area (TPSA) is 43.4 Å². The fraction of sp³-hybridized carbons (Fsp3) is 0.600. The third kappa shape index (κ3) is 3.03. The maximum absolute atomic E-state index is 12.2. The van der Waals surface area contributed by atoms with Crippen molar-refractivity contribution in [2.75, 3.05) is 0 Å². The predicted molar refractivity (Wildman–Crippen MR) is 56.6 cm³/mol. The summed E-state index contributed by atoms with van der Waals surface area (Å²) in [5.41, 5.74) is -2.87. The first-order valence-electron chi connectivity index (χ1n) is 4.83. The van der Waals surface area contributed by atoms with Crippen LogP contribution in [0.5, 0.6) is 0 Å². The molecule has 1 rings (SSSR count). The summed E-state index contributed by atoms with van der Waals surface area (Å²) < 4.78 is 62.7. The third-order valence-electron chi connectivity index (χ3n) is 3.04. The minimum Gasteiger partial charge on any atom is -0.251 e. The normalized spacial score (nSPS) is 18.4. The fourth-order valence-electron chi connectivity index (χ4n) is 1.64. The van der Waals surface area contributed by atoms with E-state index in [9.17, 15) is 21.6 Å². The summed E-state index contributed by atoms with van der Waals surface area (Å²) in [4.78, 5) is 0. The van der Waals surface area contributed by atoms with Crippen LogP contribution in [0.1, 0.15) is 27.7 Å². The van der Waals surface area contributed by atoms with Gasteiger partial charge in [0, 0.05) is 0 Å². The fourth-order valence-corrected chi connectivity index (χ4v) is 2.29. The van der Waals surface area contributed by atoms with E-state index in [-0.39, 0.29) is 19.5 Å². The van der Waals surface area contributed by atoms with Gasteiger partial charge in [-0.2, -0.15) is 21.6 Å². The summed E-state index contributed by atoms with van der Waals surface area (Å²) >= 11 is 0. The number of hydrogen-bond acceptors (Lipinski definition) is 3. The van der Waals surface area contributed by atoms with Gasteiger partial charge in [-0.1, -0.05) is 0 Å². The van der Waals surface area contributed by atoms with Gasteiger partial charge in [-0.3, -0.25) is 4.18 Å². The van der Waals surface area contributed by atoms with Gasteiger partial charge in [-0.05, 0) is 50.0 Å². The average molecular weight is 371 g/mol. The van der Waals surface area contributed by atoms with Gasteiger partial charge in [0.1, 0.15) is 6.10 Å². The summed E-state index contributed by atoms with van der Waals surface area (Å²) in [6, 6.07) is 0. The van der Waals surface area contributed by atoms with Gasteiger partial charge in [0.2, 0.25) is 0 Å². The SMILES string of the molecule is CC1=C(C)C(OS(=O)(=O)C(F)(F)F)C(C)=C1C.[Ru+2]. The molecule has 0 radical (unpaired) electrons. The van der Waals surface area contributed by atoms with E-state index in [0.717, 1.165) is 11.1 Å². The number of rotatable bonds is 2. The average Bonchev–Trinajstić information content (AvgIpc) is 2.34. The van der Waals surface area contributed by atoms with E-state index in [1.54, 1.807) is 27.7 Å². The quantitative estimate of drug-likeness (QED) is 0.426. The Kier molecular flexibility index (Phi) is 5.37. The Morgan fingerprint density at radius 1 is 1.00 bits per heavy atom. The van der Waals surface area contributed by atoms with Crippen LogP contribution >= 0.6 is 0 Å². The second kappa shape index (κ2) is 5.43. The molecule has 0 N–H and O–H groups in total. The van der Waals surface area contributed by atoms with E-state index in [1.165, 1.54) is 0 Å². The van der Waals surface area contributed by atoms with Crippen LogP contribution in [0, 0.1) is 0 Å². The molecule has 0 unspecified atom stereocenters. The first-order chi connectivity index (χ1) is 7.49. The number of hydrogen-bond donors (Lipinski definition) is 0. The van der Waals surface area contributed by atoms with Crippen molar-refractivity contribution in [2.45, 2.75) is 39.3 Å². The van der Waals surface area contributed by atoms with Gasteiger partial charge >= 0.3 is 35.1 Å². The number of alkyl halides is 3. The molecule has 18 heavy (non-hydrogen) atoms. The zero-order chi connectivity index (χ0) is 13.6. The van der Waals surface area contributed by atoms with Crippen LogP contribution in [0.25, 0.3) is 0 Å². The molecule has 104 valence electrons. The van der Waals surface area contributed by atoms with Crippen LogP contribution < -0.4 is 0 Å². The van der Waals surface area contributed by atoms with Crippen LogP contribution in [0.2, 0.25) is 0 Å². The van der Waals surface area contributed by atoms with E-state index in [1.807, 2.05) is 0 Å². The first-order valence-corrected chi connectivity index (χ1v) is 6.24. The largest absolute Gasteiger partial charge is 2.00 e. The number of halogens is 3. The van der Waals surface area contributed by atoms with Gasteiger partial charge in [0.25, 0.3) is 0 Å². The Morgan fingerprint density at radius 3 is 1.61 bits per heavy atom. The van der Waals surface area contributed by atoms with Crippen molar-refractivity contribution in [2.24, 2.45) is 0 Å². The monoisotopic (exact) mass is 372 g/mol. The maximum atomic E-state index is 12.2. The zero-order valence-corrected chi connectivity index (χ0v) is 12.8. The van der Waals surface area contributed by atoms with Crippen molar-refractivity contribution in [3.05, 3.63) is 22.3 Å². The zero-order valence-electron chi connectivity index (χ0n) is 10.2. The summed E-state index contributed by atoms with van der Waals surface area (Å²) in [5, 5.41) is 0. The Bertz CT molecular complexity index is 479. The van der Waals surface area contributed by atoms with Gasteiger partial charge in [0.05, 0.1) is 0 Å². The second-order valence-electron chi connectivity index (χ2n) is 3.99. The van der Waals surface area contributed by atoms with Crippen molar-refractivity contribution in [3.8, 4) is 0 Å². The van der Waals surface area contributed by atoms with Crippen molar-refractivity contribution in [3.63, 3.8) is 0 Å². The Morgan fingerprint density at radius 2 is 1.33 bits per heavy atom. The molecule has 1 aliphatic carbocycles. The third-order valence-corrected chi connectivity index (χ3v) is 4.05.